The number of hydrogen-bond acceptors (Lipinski definition) is 3. The summed E-state index contributed by atoms with van der Waals surface area (Å²) in [6.45, 7) is 0. The summed E-state index contributed by atoms with van der Waals surface area (Å²) in [6.07, 6.45) is 3.58. The van der Waals surface area contributed by atoms with Crippen molar-refractivity contribution in [1.29, 1.82) is 0 Å². The Morgan fingerprint density at radius 1 is 1.70 bits per heavy atom. The molecule has 2 rings (SSSR count). The van der Waals surface area contributed by atoms with E-state index in [2.05, 4.69) is 4.74 Å². The second kappa shape index (κ2) is 2.00. The Balaban J connectivity index is 1.91. The van der Waals surface area contributed by atoms with E-state index in [-0.39, 0.29) is 0 Å². The quantitative estimate of drug-likeness (QED) is 0.594. The predicted octanol–water partition coefficient (Wildman–Crippen LogP) is 0.429. The standard InChI is InChI=1S/C6H10NO2P/c8-6(3-5-1-2-5)4-10(9)7-6/h5,8H,1-4H2. The molecule has 0 amide bonds. The number of hydrogen-bond donors (Lipinski definition) is 1. The number of rotatable bonds is 2. The lowest BCUT2D eigenvalue weighted by Crippen LogP contribution is -2.37. The van der Waals surface area contributed by atoms with Gasteiger partial charge >= 0.3 is 0 Å². The molecule has 0 aromatic heterocycles. The molecule has 1 fully saturated rings. The largest absolute Gasteiger partial charge is 0.612 e. The molecule has 4 heteroatoms. The van der Waals surface area contributed by atoms with E-state index in [0.717, 1.165) is 6.42 Å². The van der Waals surface area contributed by atoms with Crippen LogP contribution in [0.3, 0.4) is 0 Å². The zero-order valence-electron chi connectivity index (χ0n) is 5.66. The summed E-state index contributed by atoms with van der Waals surface area (Å²) in [6, 6.07) is 0. The fraction of sp³-hybridized carbons (Fsp3) is 1.00. The lowest BCUT2D eigenvalue weighted by Gasteiger charge is -2.25. The predicted molar refractivity (Wildman–Crippen MR) is 36.5 cm³/mol. The van der Waals surface area contributed by atoms with Crippen LogP contribution in [0.1, 0.15) is 19.3 Å². The van der Waals surface area contributed by atoms with Gasteiger partial charge in [-0.05, 0) is 18.8 Å². The van der Waals surface area contributed by atoms with Gasteiger partial charge in [-0.2, -0.15) is 0 Å². The first kappa shape index (κ1) is 6.71. The van der Waals surface area contributed by atoms with E-state index in [1.165, 1.54) is 12.8 Å². The molecule has 1 N–H and O–H groups in total. The molecule has 2 unspecified atom stereocenters. The highest BCUT2D eigenvalue weighted by Crippen LogP contribution is 2.46. The molecule has 0 aromatic rings. The van der Waals surface area contributed by atoms with Crippen LogP contribution in [-0.2, 0) is 0 Å². The Morgan fingerprint density at radius 3 is 2.70 bits per heavy atom. The lowest BCUT2D eigenvalue weighted by molar-refractivity contribution is -0.166. The summed E-state index contributed by atoms with van der Waals surface area (Å²) in [5.74, 6) is 0.664. The second-order valence-corrected chi connectivity index (χ2v) is 4.46. The van der Waals surface area contributed by atoms with Gasteiger partial charge in [0, 0.05) is 6.42 Å². The summed E-state index contributed by atoms with van der Waals surface area (Å²) < 4.78 is 3.70. The maximum atomic E-state index is 10.5. The Labute approximate surface area is 60.6 Å². The average Bonchev–Trinajstić information content (AvgIpc) is 2.45. The smallest absolute Gasteiger partial charge is 0.240 e. The first-order valence-corrected chi connectivity index (χ1v) is 4.98. The van der Waals surface area contributed by atoms with E-state index in [1.807, 2.05) is 0 Å². The molecule has 3 nitrogen and oxygen atoms in total. The SMILES string of the molecule is [O-][P+]1=NC(O)(CC2CC2)C1. The lowest BCUT2D eigenvalue weighted by atomic mass is 10.1. The molecular formula is C6H10NO2P. The minimum atomic E-state index is -1.38. The zero-order valence-corrected chi connectivity index (χ0v) is 6.55. The highest BCUT2D eigenvalue weighted by atomic mass is 31.1. The van der Waals surface area contributed by atoms with Gasteiger partial charge in [-0.3, -0.25) is 0 Å². The normalized spacial score (nSPS) is 42.4. The Kier molecular flexibility index (Phi) is 1.34. The maximum absolute atomic E-state index is 10.5. The third-order valence-corrected chi connectivity index (χ3v) is 3.37. The monoisotopic (exact) mass is 159 g/mol. The topological polar surface area (TPSA) is 55.7 Å². The molecule has 10 heavy (non-hydrogen) atoms. The van der Waals surface area contributed by atoms with Crippen LogP contribution in [0.5, 0.6) is 0 Å². The fourth-order valence-electron chi connectivity index (χ4n) is 1.30. The van der Waals surface area contributed by atoms with Gasteiger partial charge in [-0.1, -0.05) is 4.74 Å². The van der Waals surface area contributed by atoms with Crippen molar-refractivity contribution < 1.29 is 10.00 Å². The van der Waals surface area contributed by atoms with E-state index in [9.17, 15) is 10.00 Å². The third-order valence-electron chi connectivity index (χ3n) is 2.00. The summed E-state index contributed by atoms with van der Waals surface area (Å²) in [5.41, 5.74) is -0.880. The summed E-state index contributed by atoms with van der Waals surface area (Å²) in [7, 11) is -1.38. The average molecular weight is 159 g/mol. The van der Waals surface area contributed by atoms with Gasteiger partial charge in [-0.25, -0.2) is 0 Å². The molecule has 0 saturated heterocycles. The van der Waals surface area contributed by atoms with Crippen molar-refractivity contribution in [2.24, 2.45) is 10.7 Å². The molecule has 0 bridgehead atoms. The minimum Gasteiger partial charge on any atom is -0.612 e. The van der Waals surface area contributed by atoms with Gasteiger partial charge in [0.25, 0.3) is 0 Å². The molecule has 2 atom stereocenters. The Morgan fingerprint density at radius 2 is 2.30 bits per heavy atom. The molecule has 1 aliphatic carbocycles. The Hall–Kier alpha value is 0.0200. The van der Waals surface area contributed by atoms with E-state index < -0.39 is 13.7 Å². The zero-order chi connectivity index (χ0) is 7.19. The van der Waals surface area contributed by atoms with Crippen molar-refractivity contribution in [1.82, 2.24) is 0 Å². The highest BCUT2D eigenvalue weighted by Gasteiger charge is 2.46. The van der Waals surface area contributed by atoms with Gasteiger partial charge in [0.15, 0.2) is 14.1 Å². The third kappa shape index (κ3) is 1.22. The highest BCUT2D eigenvalue weighted by molar-refractivity contribution is 7.40. The van der Waals surface area contributed by atoms with Crippen molar-refractivity contribution in [3.63, 3.8) is 0 Å². The van der Waals surface area contributed by atoms with E-state index in [1.54, 1.807) is 0 Å². The fourth-order valence-corrected chi connectivity index (χ4v) is 2.34. The van der Waals surface area contributed by atoms with E-state index >= 15 is 0 Å². The molecule has 0 aromatic carbocycles. The summed E-state index contributed by atoms with van der Waals surface area (Å²) >= 11 is 0. The number of aliphatic hydroxyl groups is 1. The van der Waals surface area contributed by atoms with Crippen LogP contribution in [0.4, 0.5) is 0 Å². The van der Waals surface area contributed by atoms with Gasteiger partial charge in [0.1, 0.15) is 0 Å². The summed E-state index contributed by atoms with van der Waals surface area (Å²) in [4.78, 5) is 10.5. The molecule has 0 spiro atoms. The van der Waals surface area contributed by atoms with Crippen molar-refractivity contribution in [2.75, 3.05) is 6.16 Å². The van der Waals surface area contributed by atoms with Gasteiger partial charge < -0.3 is 10.00 Å². The molecule has 1 saturated carbocycles. The van der Waals surface area contributed by atoms with Crippen molar-refractivity contribution >= 4 is 7.94 Å². The van der Waals surface area contributed by atoms with Crippen molar-refractivity contribution in [2.45, 2.75) is 25.0 Å². The van der Waals surface area contributed by atoms with Crippen LogP contribution in [0.25, 0.3) is 0 Å². The van der Waals surface area contributed by atoms with Crippen LogP contribution in [0, 0.1) is 5.92 Å². The van der Waals surface area contributed by atoms with E-state index in [0.29, 0.717) is 12.1 Å². The molecule has 0 radical (unpaired) electrons. The van der Waals surface area contributed by atoms with Crippen LogP contribution in [0.2, 0.25) is 0 Å². The minimum absolute atomic E-state index is 0.402. The van der Waals surface area contributed by atoms with Crippen LogP contribution in [-0.4, -0.2) is 17.0 Å². The van der Waals surface area contributed by atoms with Crippen molar-refractivity contribution in [3.05, 3.63) is 0 Å². The van der Waals surface area contributed by atoms with Crippen LogP contribution < -0.4 is 4.89 Å². The maximum Gasteiger partial charge on any atom is 0.240 e. The van der Waals surface area contributed by atoms with Gasteiger partial charge in [0.05, 0.1) is 0 Å². The molecule has 2 aliphatic rings. The van der Waals surface area contributed by atoms with Crippen LogP contribution in [0.15, 0.2) is 4.74 Å². The first-order chi connectivity index (χ1) is 4.68. The molecule has 1 heterocycles. The first-order valence-electron chi connectivity index (χ1n) is 3.58. The molecule has 1 aliphatic heterocycles. The Bertz CT molecular complexity index is 190. The van der Waals surface area contributed by atoms with Gasteiger partial charge in [0.2, 0.25) is 5.72 Å². The summed E-state index contributed by atoms with van der Waals surface area (Å²) in [5, 5.41) is 9.44. The van der Waals surface area contributed by atoms with Crippen molar-refractivity contribution in [3.8, 4) is 0 Å². The second-order valence-electron chi connectivity index (χ2n) is 3.24. The number of nitrogens with zero attached hydrogens (tertiary/aromatic N) is 1. The van der Waals surface area contributed by atoms with Crippen LogP contribution >= 0.6 is 7.94 Å². The van der Waals surface area contributed by atoms with Gasteiger partial charge in [-0.15, -0.1) is 0 Å². The molecular weight excluding hydrogens is 149 g/mol. The molecule has 56 valence electrons. The van der Waals surface area contributed by atoms with E-state index in [4.69, 9.17) is 0 Å².